The van der Waals surface area contributed by atoms with Crippen molar-refractivity contribution in [2.24, 2.45) is 11.8 Å². The van der Waals surface area contributed by atoms with Crippen LogP contribution in [0, 0.1) is 30.9 Å². The maximum atomic E-state index is 6.11. The van der Waals surface area contributed by atoms with Crippen molar-refractivity contribution in [3.8, 4) is 22.5 Å². The van der Waals surface area contributed by atoms with Crippen molar-refractivity contribution >= 4 is 35.3 Å². The summed E-state index contributed by atoms with van der Waals surface area (Å²) in [7, 11) is -1.34. The molecule has 0 unspecified atom stereocenters. The predicted molar refractivity (Wildman–Crippen MR) is 194 cm³/mol. The number of aryl methyl sites for hydroxylation is 1. The van der Waals surface area contributed by atoms with Gasteiger partial charge in [0.25, 0.3) is 0 Å². The summed E-state index contributed by atoms with van der Waals surface area (Å²) in [6, 6.07) is 29.4. The van der Waals surface area contributed by atoms with E-state index >= 15 is 0 Å². The minimum absolute atomic E-state index is 0. The van der Waals surface area contributed by atoms with Gasteiger partial charge in [0.15, 0.2) is 0 Å². The van der Waals surface area contributed by atoms with Crippen LogP contribution in [0.15, 0.2) is 83.5 Å². The number of rotatable bonds is 7. The quantitative estimate of drug-likeness (QED) is 0.119. The molecule has 0 N–H and O–H groups in total. The van der Waals surface area contributed by atoms with Crippen molar-refractivity contribution in [1.29, 1.82) is 0 Å². The smallest absolute Gasteiger partial charge is 0.216 e. The molecule has 0 saturated heterocycles. The molecule has 0 bridgehead atoms. The van der Waals surface area contributed by atoms with Crippen LogP contribution < -0.4 is 5.19 Å². The van der Waals surface area contributed by atoms with Gasteiger partial charge >= 0.3 is 0 Å². The monoisotopic (exact) mass is 816 g/mol. The van der Waals surface area contributed by atoms with Gasteiger partial charge in [-0.1, -0.05) is 93.4 Å². The Morgan fingerprint density at radius 3 is 2.43 bits per heavy atom. The Morgan fingerprint density at radius 2 is 1.70 bits per heavy atom. The van der Waals surface area contributed by atoms with E-state index in [0.29, 0.717) is 11.6 Å². The zero-order valence-corrected chi connectivity index (χ0v) is 31.9. The van der Waals surface area contributed by atoms with Crippen LogP contribution in [0.4, 0.5) is 0 Å². The third-order valence-electron chi connectivity index (χ3n) is 8.93. The fourth-order valence-corrected chi connectivity index (χ4v) is 8.26. The maximum Gasteiger partial charge on any atom is 0.216 e. The topological polar surface area (TPSA) is 51.8 Å². The van der Waals surface area contributed by atoms with E-state index < -0.39 is 8.07 Å². The maximum absolute atomic E-state index is 6.11. The molecule has 4 heterocycles. The molecule has 0 amide bonds. The molecule has 245 valence electrons. The van der Waals surface area contributed by atoms with Crippen molar-refractivity contribution in [2.75, 3.05) is 0 Å². The van der Waals surface area contributed by atoms with Gasteiger partial charge in [-0.2, -0.15) is 0 Å². The molecule has 0 spiro atoms. The van der Waals surface area contributed by atoms with E-state index in [1.165, 1.54) is 42.0 Å². The Bertz CT molecular complexity index is 1940. The van der Waals surface area contributed by atoms with Crippen LogP contribution in [0.1, 0.15) is 56.4 Å². The Morgan fingerprint density at radius 1 is 0.894 bits per heavy atom. The van der Waals surface area contributed by atoms with Gasteiger partial charge in [0.2, 0.25) is 5.71 Å². The van der Waals surface area contributed by atoms with Gasteiger partial charge in [-0.3, -0.25) is 0 Å². The van der Waals surface area contributed by atoms with Gasteiger partial charge in [-0.25, -0.2) is 4.98 Å². The van der Waals surface area contributed by atoms with E-state index in [1.807, 2.05) is 49.5 Å². The van der Waals surface area contributed by atoms with Crippen molar-refractivity contribution in [1.82, 2.24) is 15.0 Å². The Hall–Kier alpha value is -3.44. The number of benzene rings is 2. The standard InChI is InChI=1S/C23H21N2O.C18H24NSi.Ir/c1-15-9-10-19-18-7-4-8-20(22(18)26-23(19)25-15)21-14-17(11-12-24-21)13-16-5-2-3-6-16;1-14(2)11-16-12-17(15-9-7-6-8-10-15)19-13-18(16)20(3,4)5;/h4,7,9-12,14,16H,2-3,5-6,13H2,1H3;6-9,12-14H,11H2,1-5H3;/q2*-1;. The minimum atomic E-state index is -1.34. The number of pyridine rings is 3. The number of aromatic nitrogens is 3. The Kier molecular flexibility index (Phi) is 11.3. The summed E-state index contributed by atoms with van der Waals surface area (Å²) in [5.41, 5.74) is 9.28. The summed E-state index contributed by atoms with van der Waals surface area (Å²) in [6.45, 7) is 13.7. The number of fused-ring (bicyclic) bond motifs is 3. The molecule has 7 rings (SSSR count). The van der Waals surface area contributed by atoms with Crippen LogP contribution in [0.3, 0.4) is 0 Å². The Labute approximate surface area is 294 Å². The first-order chi connectivity index (χ1) is 22.2. The van der Waals surface area contributed by atoms with Gasteiger partial charge in [0.05, 0.1) is 13.7 Å². The predicted octanol–water partition coefficient (Wildman–Crippen LogP) is 10.2. The molecule has 0 atom stereocenters. The summed E-state index contributed by atoms with van der Waals surface area (Å²) >= 11 is 0. The second kappa shape index (κ2) is 15.2. The summed E-state index contributed by atoms with van der Waals surface area (Å²) in [5, 5.41) is 3.61. The molecule has 2 aromatic carbocycles. The van der Waals surface area contributed by atoms with Crippen LogP contribution in [0.2, 0.25) is 19.6 Å². The SMILES string of the molecule is CC(C)Cc1cc(-c2[c-]cccc2)ncc1[Si](C)(C)C.Cc1ccc2c(n1)oc1c(-c3cc(CC4CCCC4)ccn3)[c-]ccc12.[Ir]. The minimum Gasteiger partial charge on any atom is -0.486 e. The molecular weight excluding hydrogens is 771 g/mol. The largest absolute Gasteiger partial charge is 0.486 e. The molecule has 0 aliphatic heterocycles. The van der Waals surface area contributed by atoms with Crippen LogP contribution in [0.5, 0.6) is 0 Å². The zero-order chi connectivity index (χ0) is 32.3. The molecule has 1 saturated carbocycles. The first kappa shape index (κ1) is 34.9. The summed E-state index contributed by atoms with van der Waals surface area (Å²) < 4.78 is 6.11. The molecule has 4 aromatic heterocycles. The Balaban J connectivity index is 0.000000188. The van der Waals surface area contributed by atoms with Crippen molar-refractivity contribution in [3.63, 3.8) is 0 Å². The van der Waals surface area contributed by atoms with Gasteiger partial charge in [0, 0.05) is 43.6 Å². The second-order valence-corrected chi connectivity index (χ2v) is 19.3. The third kappa shape index (κ3) is 8.35. The van der Waals surface area contributed by atoms with Gasteiger partial charge in [-0.15, -0.1) is 54.1 Å². The van der Waals surface area contributed by atoms with Crippen molar-refractivity contribution in [2.45, 2.75) is 78.9 Å². The summed E-state index contributed by atoms with van der Waals surface area (Å²) in [6.07, 6.45) is 11.8. The summed E-state index contributed by atoms with van der Waals surface area (Å²) in [4.78, 5) is 13.8. The molecule has 1 radical (unpaired) electrons. The normalized spacial score (nSPS) is 13.5. The van der Waals surface area contributed by atoms with E-state index in [-0.39, 0.29) is 20.1 Å². The van der Waals surface area contributed by atoms with Crippen LogP contribution in [-0.2, 0) is 32.9 Å². The van der Waals surface area contributed by atoms with E-state index in [9.17, 15) is 0 Å². The van der Waals surface area contributed by atoms with E-state index in [0.717, 1.165) is 63.3 Å². The molecule has 6 aromatic rings. The molecule has 1 fully saturated rings. The molecule has 1 aliphatic carbocycles. The molecular formula is C41H45IrN3OSi-2. The number of furan rings is 1. The average Bonchev–Trinajstić information content (AvgIpc) is 3.68. The van der Waals surface area contributed by atoms with Gasteiger partial charge < -0.3 is 14.4 Å². The van der Waals surface area contributed by atoms with Crippen molar-refractivity contribution in [3.05, 3.63) is 108 Å². The van der Waals surface area contributed by atoms with Gasteiger partial charge in [0.1, 0.15) is 0 Å². The summed E-state index contributed by atoms with van der Waals surface area (Å²) in [5.74, 6) is 1.49. The molecule has 6 heteroatoms. The van der Waals surface area contributed by atoms with E-state index in [2.05, 4.69) is 97.1 Å². The average molecular weight is 816 g/mol. The second-order valence-electron chi connectivity index (χ2n) is 14.3. The number of nitrogens with zero attached hydrogens (tertiary/aromatic N) is 3. The van der Waals surface area contributed by atoms with Crippen LogP contribution in [0.25, 0.3) is 44.6 Å². The van der Waals surface area contributed by atoms with Crippen LogP contribution >= 0.6 is 0 Å². The van der Waals surface area contributed by atoms with Crippen LogP contribution in [-0.4, -0.2) is 23.0 Å². The fraction of sp³-hybridized carbons (Fsp3) is 0.341. The first-order valence-electron chi connectivity index (χ1n) is 16.8. The number of hydrogen-bond donors (Lipinski definition) is 0. The van der Waals surface area contributed by atoms with E-state index in [1.54, 1.807) is 0 Å². The first-order valence-corrected chi connectivity index (χ1v) is 20.3. The molecule has 4 nitrogen and oxygen atoms in total. The van der Waals surface area contributed by atoms with E-state index in [4.69, 9.17) is 4.42 Å². The third-order valence-corrected chi connectivity index (χ3v) is 11.0. The van der Waals surface area contributed by atoms with Crippen molar-refractivity contribution < 1.29 is 24.5 Å². The molecule has 47 heavy (non-hydrogen) atoms. The zero-order valence-electron chi connectivity index (χ0n) is 28.5. The molecule has 1 aliphatic rings. The fourth-order valence-electron chi connectivity index (χ4n) is 6.67. The van der Waals surface area contributed by atoms with Gasteiger partial charge in [-0.05, 0) is 66.4 Å². The number of hydrogen-bond acceptors (Lipinski definition) is 4.